The van der Waals surface area contributed by atoms with Crippen molar-refractivity contribution in [3.63, 3.8) is 0 Å². The zero-order valence-corrected chi connectivity index (χ0v) is 15.6. The van der Waals surface area contributed by atoms with Crippen LogP contribution in [-0.2, 0) is 0 Å². The van der Waals surface area contributed by atoms with E-state index in [1.54, 1.807) is 0 Å². The van der Waals surface area contributed by atoms with Crippen molar-refractivity contribution in [3.8, 4) is 17.3 Å². The molecule has 0 amide bonds. The van der Waals surface area contributed by atoms with E-state index in [-0.39, 0.29) is 0 Å². The quantitative estimate of drug-likeness (QED) is 0.584. The highest BCUT2D eigenvalue weighted by Gasteiger charge is 2.30. The van der Waals surface area contributed by atoms with Crippen molar-refractivity contribution in [1.29, 1.82) is 0 Å². The highest BCUT2D eigenvalue weighted by Crippen LogP contribution is 2.31. The molecule has 5 rings (SSSR count). The Morgan fingerprint density at radius 2 is 1.86 bits per heavy atom. The number of rotatable bonds is 4. The van der Waals surface area contributed by atoms with Gasteiger partial charge in [-0.15, -0.1) is 10.2 Å². The van der Waals surface area contributed by atoms with E-state index >= 15 is 0 Å². The number of hydrogen-bond donors (Lipinski definition) is 1. The molecule has 1 aliphatic carbocycles. The molecule has 1 aromatic carbocycles. The molecular formula is C22H22N4O2. The van der Waals surface area contributed by atoms with Gasteiger partial charge in [-0.25, -0.2) is 4.98 Å². The second-order valence-corrected chi connectivity index (χ2v) is 7.55. The Morgan fingerprint density at radius 3 is 2.75 bits per heavy atom. The van der Waals surface area contributed by atoms with Gasteiger partial charge in [0.05, 0.1) is 5.60 Å². The second-order valence-electron chi connectivity index (χ2n) is 7.55. The molecule has 0 spiro atoms. The van der Waals surface area contributed by atoms with Gasteiger partial charge in [-0.1, -0.05) is 43.5 Å². The van der Waals surface area contributed by atoms with Gasteiger partial charge in [0.25, 0.3) is 0 Å². The Balaban J connectivity index is 1.51. The minimum atomic E-state index is -0.735. The van der Waals surface area contributed by atoms with Gasteiger partial charge in [0.1, 0.15) is 23.6 Å². The van der Waals surface area contributed by atoms with E-state index in [9.17, 15) is 5.11 Å². The molecule has 1 fully saturated rings. The molecule has 3 heterocycles. The molecule has 0 aliphatic heterocycles. The lowest BCUT2D eigenvalue weighted by molar-refractivity contribution is -0.0335. The zero-order chi connectivity index (χ0) is 19.0. The number of para-hydroxylation sites is 1. The van der Waals surface area contributed by atoms with Crippen LogP contribution in [0.2, 0.25) is 0 Å². The van der Waals surface area contributed by atoms with Crippen LogP contribution in [-0.4, -0.2) is 36.9 Å². The Labute approximate surface area is 162 Å². The molecule has 0 radical (unpaired) electrons. The second kappa shape index (κ2) is 6.87. The van der Waals surface area contributed by atoms with Gasteiger partial charge < -0.3 is 9.84 Å². The van der Waals surface area contributed by atoms with Crippen LogP contribution in [0.5, 0.6) is 5.75 Å². The highest BCUT2D eigenvalue weighted by molar-refractivity contribution is 5.86. The molecule has 0 unspecified atom stereocenters. The molecule has 6 nitrogen and oxygen atoms in total. The first-order valence-electron chi connectivity index (χ1n) is 9.77. The van der Waals surface area contributed by atoms with Gasteiger partial charge in [-0.2, -0.15) is 0 Å². The summed E-state index contributed by atoms with van der Waals surface area (Å²) in [6, 6.07) is 15.6. The summed E-state index contributed by atoms with van der Waals surface area (Å²) >= 11 is 0. The summed E-state index contributed by atoms with van der Waals surface area (Å²) in [4.78, 5) is 4.82. The van der Waals surface area contributed by atoms with Gasteiger partial charge >= 0.3 is 0 Å². The summed E-state index contributed by atoms with van der Waals surface area (Å²) in [6.45, 7) is 0.298. The topological polar surface area (TPSA) is 72.5 Å². The summed E-state index contributed by atoms with van der Waals surface area (Å²) in [5.41, 5.74) is 1.55. The van der Waals surface area contributed by atoms with Crippen molar-refractivity contribution in [2.45, 2.75) is 37.7 Å². The molecule has 0 bridgehead atoms. The third-order valence-corrected chi connectivity index (χ3v) is 5.51. The summed E-state index contributed by atoms with van der Waals surface area (Å²) < 4.78 is 7.99. The van der Waals surface area contributed by atoms with Crippen LogP contribution in [0, 0.1) is 0 Å². The molecule has 1 aliphatic rings. The lowest BCUT2D eigenvalue weighted by Gasteiger charge is -2.31. The fraction of sp³-hybridized carbons (Fsp3) is 0.318. The van der Waals surface area contributed by atoms with Crippen molar-refractivity contribution in [2.24, 2.45) is 0 Å². The smallest absolute Gasteiger partial charge is 0.187 e. The fourth-order valence-electron chi connectivity index (χ4n) is 3.94. The summed E-state index contributed by atoms with van der Waals surface area (Å²) in [5, 5.41) is 20.3. The number of aliphatic hydroxyl groups is 1. The molecule has 0 atom stereocenters. The number of hydrogen-bond acceptors (Lipinski definition) is 5. The molecular weight excluding hydrogens is 352 g/mol. The standard InChI is InChI=1S/C22H22N4O2/c27-22(12-3-1-4-13-22)15-28-18-8-6-7-16-10-11-17(23-20(16)18)21-25-24-19-9-2-5-14-26(19)21/h2,5-11,14,27H,1,3-4,12-13,15H2. The molecule has 6 heteroatoms. The monoisotopic (exact) mass is 374 g/mol. The largest absolute Gasteiger partial charge is 0.488 e. The number of aromatic nitrogens is 4. The van der Waals surface area contributed by atoms with Crippen LogP contribution in [0.25, 0.3) is 28.1 Å². The van der Waals surface area contributed by atoms with Crippen molar-refractivity contribution in [1.82, 2.24) is 19.6 Å². The van der Waals surface area contributed by atoms with E-state index < -0.39 is 5.60 Å². The van der Waals surface area contributed by atoms with Crippen LogP contribution in [0.3, 0.4) is 0 Å². The molecule has 1 saturated carbocycles. The average Bonchev–Trinajstić information content (AvgIpc) is 3.17. The number of fused-ring (bicyclic) bond motifs is 2. The molecule has 1 N–H and O–H groups in total. The maximum Gasteiger partial charge on any atom is 0.187 e. The minimum Gasteiger partial charge on any atom is -0.488 e. The van der Waals surface area contributed by atoms with Gasteiger partial charge in [0, 0.05) is 11.6 Å². The van der Waals surface area contributed by atoms with Crippen molar-refractivity contribution < 1.29 is 9.84 Å². The predicted molar refractivity (Wildman–Crippen MR) is 107 cm³/mol. The number of benzene rings is 1. The number of ether oxygens (including phenoxy) is 1. The Bertz CT molecular complexity index is 1130. The van der Waals surface area contributed by atoms with E-state index in [1.165, 1.54) is 6.42 Å². The first kappa shape index (κ1) is 17.1. The van der Waals surface area contributed by atoms with Gasteiger partial charge in [0.15, 0.2) is 11.5 Å². The van der Waals surface area contributed by atoms with Gasteiger partial charge in [0.2, 0.25) is 0 Å². The predicted octanol–water partition coefficient (Wildman–Crippen LogP) is 4.02. The molecule has 0 saturated heterocycles. The number of nitrogens with zero attached hydrogens (tertiary/aromatic N) is 4. The maximum atomic E-state index is 10.8. The van der Waals surface area contributed by atoms with Crippen molar-refractivity contribution >= 4 is 16.6 Å². The minimum absolute atomic E-state index is 0.298. The van der Waals surface area contributed by atoms with Crippen LogP contribution in [0.1, 0.15) is 32.1 Å². The molecule has 142 valence electrons. The third-order valence-electron chi connectivity index (χ3n) is 5.51. The average molecular weight is 374 g/mol. The molecule has 4 aromatic rings. The Kier molecular flexibility index (Phi) is 4.20. The van der Waals surface area contributed by atoms with Gasteiger partial charge in [-0.05, 0) is 37.1 Å². The Hall–Kier alpha value is -2.99. The van der Waals surface area contributed by atoms with Crippen LogP contribution in [0.15, 0.2) is 54.7 Å². The third kappa shape index (κ3) is 3.10. The molecule has 3 aromatic heterocycles. The summed E-state index contributed by atoms with van der Waals surface area (Å²) in [6.07, 6.45) is 6.81. The van der Waals surface area contributed by atoms with Gasteiger partial charge in [-0.3, -0.25) is 4.40 Å². The van der Waals surface area contributed by atoms with E-state index in [4.69, 9.17) is 9.72 Å². The summed E-state index contributed by atoms with van der Waals surface area (Å²) in [5.74, 6) is 1.38. The van der Waals surface area contributed by atoms with E-state index in [1.807, 2.05) is 59.1 Å². The number of pyridine rings is 2. The van der Waals surface area contributed by atoms with E-state index in [2.05, 4.69) is 10.2 Å². The maximum absolute atomic E-state index is 10.8. The van der Waals surface area contributed by atoms with E-state index in [0.717, 1.165) is 47.9 Å². The zero-order valence-electron chi connectivity index (χ0n) is 15.6. The van der Waals surface area contributed by atoms with Crippen LogP contribution >= 0.6 is 0 Å². The van der Waals surface area contributed by atoms with Crippen molar-refractivity contribution in [3.05, 3.63) is 54.7 Å². The van der Waals surface area contributed by atoms with Crippen LogP contribution < -0.4 is 4.74 Å². The SMILES string of the molecule is OC1(COc2cccc3ccc(-c4nnc5ccccn45)nc23)CCCCC1. The van der Waals surface area contributed by atoms with E-state index in [0.29, 0.717) is 18.2 Å². The lowest BCUT2D eigenvalue weighted by Crippen LogP contribution is -2.37. The summed E-state index contributed by atoms with van der Waals surface area (Å²) in [7, 11) is 0. The Morgan fingerprint density at radius 1 is 0.964 bits per heavy atom. The molecule has 28 heavy (non-hydrogen) atoms. The first-order chi connectivity index (χ1) is 13.7. The van der Waals surface area contributed by atoms with Crippen molar-refractivity contribution in [2.75, 3.05) is 6.61 Å². The highest BCUT2D eigenvalue weighted by atomic mass is 16.5. The fourth-order valence-corrected chi connectivity index (χ4v) is 3.94. The first-order valence-corrected chi connectivity index (χ1v) is 9.77. The normalized spacial score (nSPS) is 16.5. The van der Waals surface area contributed by atoms with Crippen LogP contribution in [0.4, 0.5) is 0 Å². The lowest BCUT2D eigenvalue weighted by atomic mass is 9.85.